The predicted octanol–water partition coefficient (Wildman–Crippen LogP) is 4.85. The van der Waals surface area contributed by atoms with Crippen LogP contribution in [0.1, 0.15) is 52.4 Å². The third-order valence-electron chi connectivity index (χ3n) is 10.6. The first kappa shape index (κ1) is 39.5. The molecule has 2 amide bonds. The number of hydrogen-bond acceptors (Lipinski definition) is 7. The first-order chi connectivity index (χ1) is 25.6. The van der Waals surface area contributed by atoms with E-state index in [1.54, 1.807) is 29.7 Å². The van der Waals surface area contributed by atoms with Gasteiger partial charge in [0.1, 0.15) is 0 Å². The van der Waals surface area contributed by atoms with E-state index in [2.05, 4.69) is 34.2 Å². The maximum Gasteiger partial charge on any atom is 0.291 e. The number of anilines is 1. The van der Waals surface area contributed by atoms with Crippen LogP contribution in [0.25, 0.3) is 22.4 Å². The SMILES string of the molecule is COCCn1ncc(-c2ccc(-c3cnc(C(=O)Nc4ccc(C(=O)N5CCC(NS(=O)(=O)C6CC[N+](C)(C)CC6)CC5)c(Cl)c4)n3C)c(F)c2F)c1C. The zero-order valence-corrected chi connectivity index (χ0v) is 32.6. The van der Waals surface area contributed by atoms with Crippen molar-refractivity contribution in [1.29, 1.82) is 0 Å². The summed E-state index contributed by atoms with van der Waals surface area (Å²) in [4.78, 5) is 32.5. The Morgan fingerprint density at radius 1 is 1.00 bits per heavy atom. The number of piperidine rings is 2. The Morgan fingerprint density at radius 3 is 2.33 bits per heavy atom. The van der Waals surface area contributed by atoms with Crippen molar-refractivity contribution in [2.24, 2.45) is 7.05 Å². The molecule has 0 bridgehead atoms. The Labute approximate surface area is 318 Å². The lowest BCUT2D eigenvalue weighted by atomic mass is 10.0. The molecule has 2 saturated heterocycles. The summed E-state index contributed by atoms with van der Waals surface area (Å²) in [6, 6.07) is 7.17. The van der Waals surface area contributed by atoms with Crippen molar-refractivity contribution in [2.75, 3.05) is 59.3 Å². The third kappa shape index (κ3) is 8.22. The number of sulfonamides is 1. The van der Waals surface area contributed by atoms with Gasteiger partial charge in [-0.3, -0.25) is 14.3 Å². The second kappa shape index (κ2) is 15.9. The van der Waals surface area contributed by atoms with E-state index in [9.17, 15) is 18.0 Å². The quantitative estimate of drug-likeness (QED) is 0.207. The fourth-order valence-corrected chi connectivity index (χ4v) is 9.13. The van der Waals surface area contributed by atoms with Gasteiger partial charge in [-0.1, -0.05) is 17.7 Å². The number of imidazole rings is 1. The number of benzene rings is 2. The normalized spacial score (nSPS) is 16.9. The molecule has 0 saturated carbocycles. The molecule has 0 aliphatic carbocycles. The number of amides is 2. The van der Waals surface area contributed by atoms with Gasteiger partial charge in [-0.2, -0.15) is 5.10 Å². The number of methoxy groups -OCH3 is 1. The van der Waals surface area contributed by atoms with Crippen molar-refractivity contribution in [3.8, 4) is 22.4 Å². The number of carbonyl (C=O) groups is 2. The number of hydrogen-bond donors (Lipinski definition) is 2. The summed E-state index contributed by atoms with van der Waals surface area (Å²) in [6.45, 7) is 5.01. The van der Waals surface area contributed by atoms with E-state index >= 15 is 8.78 Å². The molecule has 0 atom stereocenters. The lowest BCUT2D eigenvalue weighted by Crippen LogP contribution is -2.53. The van der Waals surface area contributed by atoms with E-state index in [1.165, 1.54) is 48.3 Å². The summed E-state index contributed by atoms with van der Waals surface area (Å²) in [5, 5.41) is 6.69. The Hall–Kier alpha value is -4.22. The molecule has 54 heavy (non-hydrogen) atoms. The Kier molecular flexibility index (Phi) is 11.6. The highest BCUT2D eigenvalue weighted by molar-refractivity contribution is 7.90. The zero-order valence-electron chi connectivity index (χ0n) is 31.0. The minimum Gasteiger partial charge on any atom is -0.383 e. The number of aromatic nitrogens is 4. The molecule has 2 aliphatic heterocycles. The van der Waals surface area contributed by atoms with Crippen molar-refractivity contribution >= 4 is 39.1 Å². The standard InChI is InChI=1S/C37H45ClF2N8O5S/c1-23-30(21-42-47(23)16-19-53-5)27-8-9-29(34(40)33(27)39)32-22-41-35(45(32)2)36(49)43-25-6-7-28(31(38)20-25)37(50)46-14-10-24(11-15-46)44-54(51,52)26-12-17-48(3,4)18-13-26/h6-9,20-22,24,26,44H,10-19H2,1-5H3/p+1. The van der Waals surface area contributed by atoms with Crippen molar-refractivity contribution in [2.45, 2.75) is 50.4 Å². The fourth-order valence-electron chi connectivity index (χ4n) is 7.15. The first-order valence-corrected chi connectivity index (χ1v) is 19.8. The van der Waals surface area contributed by atoms with Crippen LogP contribution in [0.15, 0.2) is 42.7 Å². The van der Waals surface area contributed by atoms with E-state index < -0.39 is 32.8 Å². The average Bonchev–Trinajstić information content (AvgIpc) is 3.69. The Balaban J connectivity index is 1.07. The summed E-state index contributed by atoms with van der Waals surface area (Å²) in [5.74, 6) is -3.13. The van der Waals surface area contributed by atoms with Crippen LogP contribution in [0, 0.1) is 18.6 Å². The van der Waals surface area contributed by atoms with E-state index in [0.29, 0.717) is 68.9 Å². The number of rotatable bonds is 11. The van der Waals surface area contributed by atoms with E-state index in [1.807, 2.05) is 0 Å². The molecule has 13 nitrogen and oxygen atoms in total. The van der Waals surface area contributed by atoms with Crippen LogP contribution in [0.4, 0.5) is 14.5 Å². The van der Waals surface area contributed by atoms with Gasteiger partial charge in [-0.05, 0) is 44.0 Å². The Morgan fingerprint density at radius 2 is 1.67 bits per heavy atom. The van der Waals surface area contributed by atoms with E-state index in [4.69, 9.17) is 16.3 Å². The van der Waals surface area contributed by atoms with Gasteiger partial charge < -0.3 is 24.0 Å². The molecule has 2 aromatic carbocycles. The number of nitrogens with one attached hydrogen (secondary N) is 2. The average molecular weight is 788 g/mol. The topological polar surface area (TPSA) is 140 Å². The highest BCUT2D eigenvalue weighted by Gasteiger charge is 2.36. The van der Waals surface area contributed by atoms with Gasteiger partial charge in [-0.25, -0.2) is 26.9 Å². The minimum absolute atomic E-state index is 0.0574. The minimum atomic E-state index is -3.46. The van der Waals surface area contributed by atoms with Crippen molar-refractivity contribution < 1.29 is 36.0 Å². The highest BCUT2D eigenvalue weighted by atomic mass is 35.5. The van der Waals surface area contributed by atoms with Crippen LogP contribution in [0.5, 0.6) is 0 Å². The molecule has 4 aromatic rings. The first-order valence-electron chi connectivity index (χ1n) is 17.9. The largest absolute Gasteiger partial charge is 0.383 e. The molecule has 2 fully saturated rings. The van der Waals surface area contributed by atoms with E-state index in [-0.39, 0.29) is 45.2 Å². The second-order valence-electron chi connectivity index (χ2n) is 14.6. The number of nitrogens with zero attached hydrogens (tertiary/aromatic N) is 6. The molecule has 2 N–H and O–H groups in total. The molecule has 4 heterocycles. The molecule has 6 rings (SSSR count). The lowest BCUT2D eigenvalue weighted by Gasteiger charge is -2.38. The van der Waals surface area contributed by atoms with Gasteiger partial charge >= 0.3 is 0 Å². The third-order valence-corrected chi connectivity index (χ3v) is 12.9. The van der Waals surface area contributed by atoms with Crippen LogP contribution in [0.3, 0.4) is 0 Å². The monoisotopic (exact) mass is 787 g/mol. The van der Waals surface area contributed by atoms with Gasteiger partial charge in [0.15, 0.2) is 17.5 Å². The zero-order chi connectivity index (χ0) is 38.9. The second-order valence-corrected chi connectivity index (χ2v) is 17.0. The summed E-state index contributed by atoms with van der Waals surface area (Å²) in [6.07, 6.45) is 4.99. The summed E-state index contributed by atoms with van der Waals surface area (Å²) in [7, 11) is 3.84. The van der Waals surface area contributed by atoms with Gasteiger partial charge in [0, 0.05) is 74.2 Å². The van der Waals surface area contributed by atoms with Crippen LogP contribution in [-0.2, 0) is 28.4 Å². The van der Waals surface area contributed by atoms with Crippen LogP contribution >= 0.6 is 11.6 Å². The van der Waals surface area contributed by atoms with Crippen LogP contribution in [0.2, 0.25) is 5.02 Å². The van der Waals surface area contributed by atoms with Gasteiger partial charge in [0.2, 0.25) is 10.0 Å². The van der Waals surface area contributed by atoms with Crippen LogP contribution in [-0.4, -0.2) is 114 Å². The molecule has 2 aromatic heterocycles. The molecule has 0 unspecified atom stereocenters. The molecule has 0 radical (unpaired) electrons. The van der Waals surface area contributed by atoms with E-state index in [0.717, 1.165) is 17.6 Å². The molecule has 2 aliphatic rings. The summed E-state index contributed by atoms with van der Waals surface area (Å²) in [5.41, 5.74) is 1.83. The number of likely N-dealkylation sites (tertiary alicyclic amines) is 2. The van der Waals surface area contributed by atoms with Crippen LogP contribution < -0.4 is 10.0 Å². The fraction of sp³-hybridized carbons (Fsp3) is 0.459. The molecular weight excluding hydrogens is 742 g/mol. The summed E-state index contributed by atoms with van der Waals surface area (Å²) >= 11 is 6.53. The Bertz CT molecular complexity index is 2150. The maximum atomic E-state index is 15.5. The number of carbonyl (C=O) groups excluding carboxylic acids is 2. The van der Waals surface area contributed by atoms with Gasteiger partial charge in [-0.15, -0.1) is 0 Å². The smallest absolute Gasteiger partial charge is 0.291 e. The molecular formula is C37H46ClF2N8O5S+. The van der Waals surface area contributed by atoms with Gasteiger partial charge in [0.05, 0.1) is 74.3 Å². The number of halogens is 3. The molecule has 0 spiro atoms. The number of quaternary nitrogens is 1. The summed E-state index contributed by atoms with van der Waals surface area (Å²) < 4.78 is 68.9. The van der Waals surface area contributed by atoms with Crippen molar-refractivity contribution in [1.82, 2.24) is 29.0 Å². The van der Waals surface area contributed by atoms with Gasteiger partial charge in [0.25, 0.3) is 11.8 Å². The predicted molar refractivity (Wildman–Crippen MR) is 202 cm³/mol. The molecule has 290 valence electrons. The maximum absolute atomic E-state index is 15.5. The lowest BCUT2D eigenvalue weighted by molar-refractivity contribution is -0.894. The number of ether oxygens (including phenoxy) is 1. The molecule has 17 heteroatoms. The highest BCUT2D eigenvalue weighted by Crippen LogP contribution is 2.33. The van der Waals surface area contributed by atoms with Crippen molar-refractivity contribution in [3.05, 3.63) is 76.5 Å². The van der Waals surface area contributed by atoms with Crippen molar-refractivity contribution in [3.63, 3.8) is 0 Å².